The normalized spacial score (nSPS) is 11.3. The third kappa shape index (κ3) is 42.5. The third-order valence-corrected chi connectivity index (χ3v) is 5.76. The van der Waals surface area contributed by atoms with Crippen molar-refractivity contribution in [2.24, 2.45) is 0 Å². The van der Waals surface area contributed by atoms with Crippen molar-refractivity contribution in [3.63, 3.8) is 0 Å². The average molecular weight is 701 g/mol. The van der Waals surface area contributed by atoms with Gasteiger partial charge in [-0.05, 0) is 6.42 Å². The molecule has 0 spiro atoms. The maximum Gasteiger partial charge on any atom is 0.222 e. The Labute approximate surface area is 287 Å². The first-order chi connectivity index (χ1) is 23.7. The van der Waals surface area contributed by atoms with Crippen LogP contribution in [0.3, 0.4) is 0 Å². The second kappa shape index (κ2) is 41.6. The monoisotopic (exact) mass is 700 g/mol. The summed E-state index contributed by atoms with van der Waals surface area (Å²) in [7, 11) is 0. The molecule has 0 aromatic rings. The van der Waals surface area contributed by atoms with Gasteiger partial charge in [-0.1, -0.05) is 6.92 Å². The Kier molecular flexibility index (Phi) is 40.3. The molecule has 2 N–H and O–H groups in total. The molecule has 0 aliphatic heterocycles. The zero-order valence-corrected chi connectivity index (χ0v) is 29.5. The Morgan fingerprint density at radius 3 is 0.854 bits per heavy atom. The van der Waals surface area contributed by atoms with E-state index >= 15 is 0 Å². The zero-order valence-electron chi connectivity index (χ0n) is 29.5. The van der Waals surface area contributed by atoms with Gasteiger partial charge >= 0.3 is 0 Å². The van der Waals surface area contributed by atoms with E-state index in [9.17, 15) is 9.59 Å². The Balaban J connectivity index is 3.07. The molecule has 16 heteroatoms. The van der Waals surface area contributed by atoms with Crippen LogP contribution in [0.2, 0.25) is 0 Å². The van der Waals surface area contributed by atoms with E-state index in [0.717, 1.165) is 6.42 Å². The minimum atomic E-state index is -0.0641. The van der Waals surface area contributed by atoms with Crippen LogP contribution in [-0.4, -0.2) is 183 Å². The van der Waals surface area contributed by atoms with Crippen LogP contribution in [0.5, 0.6) is 0 Å². The van der Waals surface area contributed by atoms with E-state index in [2.05, 4.69) is 10.6 Å². The molecule has 0 aliphatic carbocycles. The van der Waals surface area contributed by atoms with Crippen LogP contribution in [0.4, 0.5) is 0 Å². The lowest BCUT2D eigenvalue weighted by molar-refractivity contribution is -0.122. The smallest absolute Gasteiger partial charge is 0.222 e. The lowest BCUT2D eigenvalue weighted by Crippen LogP contribution is -2.25. The second-order valence-corrected chi connectivity index (χ2v) is 9.93. The third-order valence-electron chi connectivity index (χ3n) is 5.76. The van der Waals surface area contributed by atoms with Gasteiger partial charge in [-0.3, -0.25) is 9.59 Å². The predicted octanol–water partition coefficient (Wildman–Crippen LogP) is 0.238. The van der Waals surface area contributed by atoms with Crippen molar-refractivity contribution in [2.45, 2.75) is 26.7 Å². The highest BCUT2D eigenvalue weighted by Gasteiger charge is 2.00. The maximum absolute atomic E-state index is 11.4. The summed E-state index contributed by atoms with van der Waals surface area (Å²) in [6.45, 7) is 16.3. The average Bonchev–Trinajstić information content (AvgIpc) is 3.08. The molecule has 0 fully saturated rings. The first-order valence-corrected chi connectivity index (χ1v) is 17.1. The topological polar surface area (TPSA) is 169 Å². The Hall–Kier alpha value is -1.54. The minimum absolute atomic E-state index is 0.0140. The van der Waals surface area contributed by atoms with Crippen LogP contribution >= 0.6 is 0 Å². The lowest BCUT2D eigenvalue weighted by Gasteiger charge is -2.09. The second-order valence-electron chi connectivity index (χ2n) is 9.93. The van der Waals surface area contributed by atoms with Crippen LogP contribution < -0.4 is 10.6 Å². The number of rotatable bonds is 41. The van der Waals surface area contributed by atoms with Crippen molar-refractivity contribution in [1.82, 2.24) is 10.6 Å². The molecule has 0 aliphatic rings. The molecule has 48 heavy (non-hydrogen) atoms. The number of carbonyl (C=O) groups is 2. The first-order valence-electron chi connectivity index (χ1n) is 17.1. The molecular formula is C32H64N2O14. The fraction of sp³-hybridized carbons (Fsp3) is 0.938. The highest BCUT2D eigenvalue weighted by atomic mass is 16.6. The number of nitrogens with one attached hydrogen (secondary N) is 2. The van der Waals surface area contributed by atoms with Crippen molar-refractivity contribution in [1.29, 1.82) is 0 Å². The van der Waals surface area contributed by atoms with Crippen molar-refractivity contribution < 1.29 is 66.4 Å². The molecule has 0 unspecified atom stereocenters. The highest BCUT2D eigenvalue weighted by Crippen LogP contribution is 1.88. The molecular weight excluding hydrogens is 636 g/mol. The molecule has 286 valence electrons. The van der Waals surface area contributed by atoms with Crippen molar-refractivity contribution in [2.75, 3.05) is 172 Å². The lowest BCUT2D eigenvalue weighted by atomic mass is 10.4. The van der Waals surface area contributed by atoms with Gasteiger partial charge in [-0.15, -0.1) is 0 Å². The van der Waals surface area contributed by atoms with Gasteiger partial charge in [0.05, 0.1) is 159 Å². The molecule has 0 radical (unpaired) electrons. The summed E-state index contributed by atoms with van der Waals surface area (Å²) < 4.78 is 65.2. The first kappa shape index (κ1) is 46.5. The summed E-state index contributed by atoms with van der Waals surface area (Å²) >= 11 is 0. The molecule has 0 saturated carbocycles. The van der Waals surface area contributed by atoms with E-state index in [1.807, 2.05) is 6.92 Å². The molecule has 0 rings (SSSR count). The molecule has 16 nitrogen and oxygen atoms in total. The van der Waals surface area contributed by atoms with Crippen LogP contribution in [0.15, 0.2) is 0 Å². The van der Waals surface area contributed by atoms with E-state index in [4.69, 9.17) is 56.8 Å². The van der Waals surface area contributed by atoms with E-state index in [-0.39, 0.29) is 11.8 Å². The fourth-order valence-corrected chi connectivity index (χ4v) is 3.34. The number of hydrogen-bond donors (Lipinski definition) is 2. The summed E-state index contributed by atoms with van der Waals surface area (Å²) in [6.07, 6.45) is 1.30. The quantitative estimate of drug-likeness (QED) is 0.0832. The summed E-state index contributed by atoms with van der Waals surface area (Å²) in [5, 5.41) is 5.46. The van der Waals surface area contributed by atoms with Crippen molar-refractivity contribution in [3.8, 4) is 0 Å². The van der Waals surface area contributed by atoms with E-state index in [1.165, 1.54) is 6.92 Å². The van der Waals surface area contributed by atoms with Crippen LogP contribution in [-0.2, 0) is 66.4 Å². The minimum Gasteiger partial charge on any atom is -0.379 e. The Bertz CT molecular complexity index is 666. The number of amides is 2. The van der Waals surface area contributed by atoms with Crippen LogP contribution in [0.1, 0.15) is 26.7 Å². The van der Waals surface area contributed by atoms with Gasteiger partial charge in [-0.2, -0.15) is 0 Å². The van der Waals surface area contributed by atoms with E-state index in [1.54, 1.807) is 0 Å². The highest BCUT2D eigenvalue weighted by molar-refractivity contribution is 5.75. The molecule has 0 aromatic heterocycles. The summed E-state index contributed by atoms with van der Waals surface area (Å²) in [6, 6.07) is 0. The fourth-order valence-electron chi connectivity index (χ4n) is 3.34. The van der Waals surface area contributed by atoms with Gasteiger partial charge in [0, 0.05) is 26.4 Å². The Morgan fingerprint density at radius 1 is 0.354 bits per heavy atom. The zero-order chi connectivity index (χ0) is 34.9. The standard InChI is InChI=1S/C32H64N2O14/c1-3-5-34-32(36)4-7-37-9-11-39-13-15-41-17-19-43-21-23-45-25-27-47-29-30-48-28-26-46-24-22-44-20-18-42-16-14-40-12-10-38-8-6-33-31(2)35/h3-30H2,1-2H3,(H,33,35)(H,34,36). The SMILES string of the molecule is CCCNC(=O)CCOCCOCCOCCOCCOCCOCCOCCOCCOCCOCCOCCOCCNC(C)=O. The Morgan fingerprint density at radius 2 is 0.604 bits per heavy atom. The summed E-state index contributed by atoms with van der Waals surface area (Å²) in [5.41, 5.74) is 0. The van der Waals surface area contributed by atoms with E-state index < -0.39 is 0 Å². The van der Waals surface area contributed by atoms with Gasteiger partial charge in [0.1, 0.15) is 0 Å². The maximum atomic E-state index is 11.4. The van der Waals surface area contributed by atoms with Gasteiger partial charge < -0.3 is 67.5 Å². The predicted molar refractivity (Wildman–Crippen MR) is 176 cm³/mol. The van der Waals surface area contributed by atoms with Crippen LogP contribution in [0.25, 0.3) is 0 Å². The molecule has 0 atom stereocenters. The van der Waals surface area contributed by atoms with Crippen molar-refractivity contribution >= 4 is 11.8 Å². The molecule has 0 bridgehead atoms. The van der Waals surface area contributed by atoms with E-state index in [0.29, 0.717) is 178 Å². The number of hydrogen-bond acceptors (Lipinski definition) is 14. The van der Waals surface area contributed by atoms with Gasteiger partial charge in [0.15, 0.2) is 0 Å². The van der Waals surface area contributed by atoms with Crippen molar-refractivity contribution in [3.05, 3.63) is 0 Å². The number of carbonyl (C=O) groups excluding carboxylic acids is 2. The summed E-state index contributed by atoms with van der Waals surface area (Å²) in [4.78, 5) is 22.1. The van der Waals surface area contributed by atoms with Crippen LogP contribution in [0, 0.1) is 0 Å². The molecule has 2 amide bonds. The number of ether oxygens (including phenoxy) is 12. The largest absolute Gasteiger partial charge is 0.379 e. The van der Waals surface area contributed by atoms with Gasteiger partial charge in [0.25, 0.3) is 0 Å². The molecule has 0 saturated heterocycles. The molecule has 0 aromatic carbocycles. The van der Waals surface area contributed by atoms with Gasteiger partial charge in [0.2, 0.25) is 11.8 Å². The summed E-state index contributed by atoms with van der Waals surface area (Å²) in [5.74, 6) is -0.0501. The molecule has 0 heterocycles. The van der Waals surface area contributed by atoms with Gasteiger partial charge in [-0.25, -0.2) is 0 Å².